The first kappa shape index (κ1) is 20.2. The van der Waals surface area contributed by atoms with Crippen molar-refractivity contribution in [3.8, 4) is 5.75 Å². The molecule has 4 saturated carbocycles. The van der Waals surface area contributed by atoms with Crippen LogP contribution >= 0.6 is 0 Å². The summed E-state index contributed by atoms with van der Waals surface area (Å²) in [6, 6.07) is 10.8. The molecule has 6 rings (SSSR count). The Morgan fingerprint density at radius 1 is 0.935 bits per heavy atom. The van der Waals surface area contributed by atoms with Gasteiger partial charge >= 0.3 is 0 Å². The van der Waals surface area contributed by atoms with Gasteiger partial charge in [-0.25, -0.2) is 0 Å². The number of hydrogen-bond acceptors (Lipinski definition) is 3. The van der Waals surface area contributed by atoms with E-state index in [9.17, 15) is 9.59 Å². The molecule has 0 unspecified atom stereocenters. The van der Waals surface area contributed by atoms with Crippen molar-refractivity contribution < 1.29 is 14.3 Å². The van der Waals surface area contributed by atoms with Gasteiger partial charge in [0.1, 0.15) is 5.75 Å². The highest BCUT2D eigenvalue weighted by atomic mass is 16.5. The quantitative estimate of drug-likeness (QED) is 0.742. The van der Waals surface area contributed by atoms with Crippen LogP contribution in [0.25, 0.3) is 0 Å². The Labute approximate surface area is 183 Å². The first-order valence-electron chi connectivity index (χ1n) is 11.4. The van der Waals surface area contributed by atoms with E-state index in [2.05, 4.69) is 10.7 Å². The van der Waals surface area contributed by atoms with Gasteiger partial charge in [0.05, 0.1) is 0 Å². The molecule has 0 saturated heterocycles. The van der Waals surface area contributed by atoms with Crippen molar-refractivity contribution in [3.63, 3.8) is 0 Å². The lowest BCUT2D eigenvalue weighted by molar-refractivity contribution is -0.128. The predicted molar refractivity (Wildman–Crippen MR) is 119 cm³/mol. The summed E-state index contributed by atoms with van der Waals surface area (Å²) in [6.07, 6.45) is 7.47. The number of benzene rings is 1. The normalized spacial score (nSPS) is 28.4. The molecule has 4 aliphatic rings. The van der Waals surface area contributed by atoms with Crippen LogP contribution in [0.15, 0.2) is 36.4 Å². The second-order valence-electron chi connectivity index (χ2n) is 9.95. The maximum Gasteiger partial charge on any atom is 0.270 e. The number of rotatable bonds is 6. The Morgan fingerprint density at radius 2 is 1.48 bits per heavy atom. The van der Waals surface area contributed by atoms with E-state index in [-0.39, 0.29) is 24.0 Å². The summed E-state index contributed by atoms with van der Waals surface area (Å²) in [5, 5.41) is 3.33. The van der Waals surface area contributed by atoms with Crippen molar-refractivity contribution in [2.24, 2.45) is 17.8 Å². The lowest BCUT2D eigenvalue weighted by Gasteiger charge is -2.56. The third-order valence-corrected chi connectivity index (χ3v) is 7.41. The third-order valence-electron chi connectivity index (χ3n) is 7.41. The van der Waals surface area contributed by atoms with Crippen molar-refractivity contribution in [1.29, 1.82) is 0 Å². The Kier molecular flexibility index (Phi) is 5.03. The maximum atomic E-state index is 12.6. The zero-order valence-corrected chi connectivity index (χ0v) is 18.3. The van der Waals surface area contributed by atoms with Crippen LogP contribution in [0.4, 0.5) is 0 Å². The van der Waals surface area contributed by atoms with Gasteiger partial charge in [0.25, 0.3) is 11.8 Å². The molecule has 0 spiro atoms. The molecule has 6 nitrogen and oxygen atoms in total. The smallest absolute Gasteiger partial charge is 0.270 e. The van der Waals surface area contributed by atoms with Crippen LogP contribution in [0.5, 0.6) is 5.75 Å². The fraction of sp³-hybridized carbons (Fsp3) is 0.520. The van der Waals surface area contributed by atoms with Crippen LogP contribution in [0, 0.1) is 31.6 Å². The third kappa shape index (κ3) is 4.08. The molecular formula is C25H31N3O3. The van der Waals surface area contributed by atoms with E-state index >= 15 is 0 Å². The molecule has 2 N–H and O–H groups in total. The van der Waals surface area contributed by atoms with Crippen molar-refractivity contribution in [1.82, 2.24) is 9.99 Å². The molecule has 1 heterocycles. The Morgan fingerprint density at radius 3 is 2.03 bits per heavy atom. The molecule has 0 aliphatic heterocycles. The van der Waals surface area contributed by atoms with Crippen LogP contribution in [-0.4, -0.2) is 28.6 Å². The number of hydrogen-bond donors (Lipinski definition) is 2. The molecule has 1 aromatic heterocycles. The number of ether oxygens (including phenoxy) is 1. The van der Waals surface area contributed by atoms with E-state index in [0.717, 1.165) is 48.4 Å². The molecule has 31 heavy (non-hydrogen) atoms. The van der Waals surface area contributed by atoms with Gasteiger partial charge in [0, 0.05) is 22.5 Å². The molecule has 4 bridgehead atoms. The minimum absolute atomic E-state index is 0.00582. The number of carbonyl (C=O) groups excluding carboxylic acids is 2. The minimum Gasteiger partial charge on any atom is -0.484 e. The zero-order chi connectivity index (χ0) is 21.6. The first-order valence-corrected chi connectivity index (χ1v) is 11.4. The van der Waals surface area contributed by atoms with Gasteiger partial charge in [0.15, 0.2) is 6.61 Å². The molecule has 0 atom stereocenters. The molecular weight excluding hydrogens is 390 g/mol. The summed E-state index contributed by atoms with van der Waals surface area (Å²) >= 11 is 0. The van der Waals surface area contributed by atoms with Crippen LogP contribution in [0.3, 0.4) is 0 Å². The van der Waals surface area contributed by atoms with Crippen molar-refractivity contribution >= 4 is 11.8 Å². The number of aromatic nitrogens is 1. The Bertz CT molecular complexity index is 937. The van der Waals surface area contributed by atoms with Crippen molar-refractivity contribution in [2.75, 3.05) is 12.0 Å². The average molecular weight is 422 g/mol. The topological polar surface area (TPSA) is 72.4 Å². The van der Waals surface area contributed by atoms with Crippen molar-refractivity contribution in [2.45, 2.75) is 57.9 Å². The molecule has 1 aromatic carbocycles. The van der Waals surface area contributed by atoms with Crippen LogP contribution < -0.4 is 15.5 Å². The fourth-order valence-corrected chi connectivity index (χ4v) is 6.46. The fourth-order valence-electron chi connectivity index (χ4n) is 6.46. The second-order valence-corrected chi connectivity index (χ2v) is 9.95. The van der Waals surface area contributed by atoms with Gasteiger partial charge in [-0.2, -0.15) is 0 Å². The zero-order valence-electron chi connectivity index (χ0n) is 18.3. The summed E-state index contributed by atoms with van der Waals surface area (Å²) in [7, 11) is 0. The number of carbonyl (C=O) groups is 2. The van der Waals surface area contributed by atoms with Crippen LogP contribution in [0.2, 0.25) is 0 Å². The first-order chi connectivity index (χ1) is 14.9. The molecule has 2 amide bonds. The van der Waals surface area contributed by atoms with E-state index < -0.39 is 0 Å². The summed E-state index contributed by atoms with van der Waals surface area (Å²) in [6.45, 7) is 3.90. The highest BCUT2D eigenvalue weighted by Crippen LogP contribution is 2.55. The standard InChI is InChI=1S/C25H31N3O3/c1-16-3-4-17(2)28(16)27-24(30)21-5-7-22(8-6-21)31-15-23(29)26-25-12-18-9-19(13-25)11-20(10-18)14-25/h3-8,18-20H,9-15H2,1-2H3,(H,26,29)(H,27,30). The number of amides is 2. The summed E-state index contributed by atoms with van der Waals surface area (Å²) < 4.78 is 7.48. The van der Waals surface area contributed by atoms with E-state index in [0.29, 0.717) is 11.3 Å². The lowest BCUT2D eigenvalue weighted by Crippen LogP contribution is -2.60. The van der Waals surface area contributed by atoms with Gasteiger partial charge in [0.2, 0.25) is 0 Å². The Hall–Kier alpha value is -2.76. The highest BCUT2D eigenvalue weighted by Gasteiger charge is 2.51. The summed E-state index contributed by atoms with van der Waals surface area (Å²) in [5.74, 6) is 2.75. The van der Waals surface area contributed by atoms with Gasteiger partial charge in [-0.15, -0.1) is 0 Å². The number of nitrogens with one attached hydrogen (secondary N) is 2. The predicted octanol–water partition coefficient (Wildman–Crippen LogP) is 3.95. The molecule has 6 heteroatoms. The van der Waals surface area contributed by atoms with E-state index in [1.165, 1.54) is 19.3 Å². The molecule has 0 radical (unpaired) electrons. The van der Waals surface area contributed by atoms with Gasteiger partial charge in [-0.1, -0.05) is 0 Å². The van der Waals surface area contributed by atoms with E-state index in [1.807, 2.05) is 26.0 Å². The molecule has 164 valence electrons. The highest BCUT2D eigenvalue weighted by molar-refractivity contribution is 6.00. The largest absolute Gasteiger partial charge is 0.484 e. The second kappa shape index (κ2) is 7.74. The van der Waals surface area contributed by atoms with Crippen LogP contribution in [0.1, 0.15) is 60.3 Å². The van der Waals surface area contributed by atoms with E-state index in [1.54, 1.807) is 28.9 Å². The average Bonchev–Trinajstić information content (AvgIpc) is 3.03. The van der Waals surface area contributed by atoms with Crippen LogP contribution in [-0.2, 0) is 4.79 Å². The summed E-state index contributed by atoms with van der Waals surface area (Å²) in [5.41, 5.74) is 5.37. The monoisotopic (exact) mass is 421 g/mol. The number of nitrogens with zero attached hydrogens (tertiary/aromatic N) is 1. The van der Waals surface area contributed by atoms with Gasteiger partial charge in [-0.3, -0.25) is 19.7 Å². The van der Waals surface area contributed by atoms with Gasteiger partial charge < -0.3 is 10.1 Å². The maximum absolute atomic E-state index is 12.6. The van der Waals surface area contributed by atoms with E-state index in [4.69, 9.17) is 4.74 Å². The molecule has 2 aromatic rings. The van der Waals surface area contributed by atoms with Gasteiger partial charge in [-0.05, 0) is 107 Å². The summed E-state index contributed by atoms with van der Waals surface area (Å²) in [4.78, 5) is 25.1. The minimum atomic E-state index is -0.187. The number of aryl methyl sites for hydroxylation is 2. The Balaban J connectivity index is 1.14. The molecule has 4 aliphatic carbocycles. The van der Waals surface area contributed by atoms with Crippen molar-refractivity contribution in [3.05, 3.63) is 53.3 Å². The SMILES string of the molecule is Cc1ccc(C)n1NC(=O)c1ccc(OCC(=O)NC23CC4CC(CC(C4)C2)C3)cc1. The lowest BCUT2D eigenvalue weighted by atomic mass is 9.53. The molecule has 4 fully saturated rings.